The third-order valence-electron chi connectivity index (χ3n) is 6.81. The number of anilines is 1. The number of aromatic amines is 1. The van der Waals surface area contributed by atoms with Gasteiger partial charge in [0.05, 0.1) is 23.8 Å². The number of H-pyrrole nitrogens is 1. The molecule has 0 atom stereocenters. The van der Waals surface area contributed by atoms with E-state index in [0.717, 1.165) is 27.7 Å². The van der Waals surface area contributed by atoms with Gasteiger partial charge in [-0.25, -0.2) is 9.97 Å². The van der Waals surface area contributed by atoms with Crippen LogP contribution in [-0.4, -0.2) is 46.3 Å². The molecule has 37 heavy (non-hydrogen) atoms. The molecule has 4 aromatic rings. The molecule has 4 N–H and O–H groups in total. The number of hydrogen-bond donors (Lipinski definition) is 3. The molecule has 9 nitrogen and oxygen atoms in total. The summed E-state index contributed by atoms with van der Waals surface area (Å²) in [6.07, 6.45) is -3.27. The highest BCUT2D eigenvalue weighted by molar-refractivity contribution is 6.16. The van der Waals surface area contributed by atoms with Crippen LogP contribution < -0.4 is 15.8 Å². The molecule has 1 fully saturated rings. The summed E-state index contributed by atoms with van der Waals surface area (Å²) in [7, 11) is 3.04. The number of benzene rings is 1. The van der Waals surface area contributed by atoms with Crippen LogP contribution in [-0.2, 0) is 0 Å². The van der Waals surface area contributed by atoms with Crippen molar-refractivity contribution in [1.29, 1.82) is 0 Å². The summed E-state index contributed by atoms with van der Waals surface area (Å²) in [4.78, 5) is 16.5. The number of amidine groups is 1. The molecule has 0 radical (unpaired) electrons. The maximum absolute atomic E-state index is 13.5. The lowest BCUT2D eigenvalue weighted by atomic mass is 10.0. The third kappa shape index (κ3) is 3.96. The van der Waals surface area contributed by atoms with Gasteiger partial charge in [-0.05, 0) is 45.7 Å². The number of allylic oxidation sites excluding steroid dienone is 1. The van der Waals surface area contributed by atoms with Crippen molar-refractivity contribution in [3.63, 3.8) is 0 Å². The van der Waals surface area contributed by atoms with E-state index in [4.69, 9.17) is 15.0 Å². The lowest BCUT2D eigenvalue weighted by Crippen LogP contribution is -2.31. The summed E-state index contributed by atoms with van der Waals surface area (Å²) in [5, 5.41) is 8.50. The number of methoxy groups -OCH3 is 1. The van der Waals surface area contributed by atoms with E-state index >= 15 is 0 Å². The minimum Gasteiger partial charge on any atom is -0.496 e. The second kappa shape index (κ2) is 8.49. The molecule has 0 saturated heterocycles. The van der Waals surface area contributed by atoms with E-state index in [1.54, 1.807) is 14.0 Å². The van der Waals surface area contributed by atoms with Crippen LogP contribution in [0.25, 0.3) is 33.1 Å². The van der Waals surface area contributed by atoms with Crippen molar-refractivity contribution >= 4 is 33.6 Å². The van der Waals surface area contributed by atoms with Gasteiger partial charge in [-0.3, -0.25) is 4.99 Å². The quantitative estimate of drug-likeness (QED) is 0.243. The molecule has 3 heterocycles. The van der Waals surface area contributed by atoms with Crippen molar-refractivity contribution in [2.24, 2.45) is 16.1 Å². The number of nitrogens with one attached hydrogen (secondary N) is 2. The Hall–Kier alpha value is -4.09. The SMILES string of the molecule is CN=C(C=C(N)C1(C(F)(F)F)CC1)Nc1nc(C)nc2[nH]c3cc(-c4c(C)noc4C)c(OC)cc3c12. The van der Waals surface area contributed by atoms with Crippen LogP contribution in [0.1, 0.15) is 30.1 Å². The van der Waals surface area contributed by atoms with Crippen LogP contribution >= 0.6 is 0 Å². The minimum atomic E-state index is -4.42. The zero-order valence-corrected chi connectivity index (χ0v) is 21.0. The third-order valence-corrected chi connectivity index (χ3v) is 6.81. The molecule has 1 aliphatic rings. The molecule has 0 bridgehead atoms. The number of alkyl halides is 3. The van der Waals surface area contributed by atoms with Gasteiger partial charge in [-0.2, -0.15) is 13.2 Å². The van der Waals surface area contributed by atoms with Gasteiger partial charge in [-0.1, -0.05) is 5.16 Å². The van der Waals surface area contributed by atoms with Gasteiger partial charge in [0.25, 0.3) is 0 Å². The smallest absolute Gasteiger partial charge is 0.399 e. The van der Waals surface area contributed by atoms with Crippen LogP contribution in [0.3, 0.4) is 0 Å². The number of ether oxygens (including phenoxy) is 1. The first-order valence-corrected chi connectivity index (χ1v) is 11.6. The van der Waals surface area contributed by atoms with E-state index in [-0.39, 0.29) is 24.4 Å². The first kappa shape index (κ1) is 24.6. The van der Waals surface area contributed by atoms with Crippen LogP contribution in [0.5, 0.6) is 5.75 Å². The standard InChI is InChI=1S/C25H26F3N7O2/c1-11-20(12(2)37-35-11)15-8-16-14(9-17(15)36-5)21-22(33-16)31-13(3)32-23(21)34-19(30-4)10-18(29)24(6-7-24)25(26,27)28/h8-10H,6-7,29H2,1-5H3,(H2,30,31,32,33,34). The fourth-order valence-corrected chi connectivity index (χ4v) is 4.68. The van der Waals surface area contributed by atoms with Gasteiger partial charge in [0, 0.05) is 35.3 Å². The van der Waals surface area contributed by atoms with Gasteiger partial charge in [0.2, 0.25) is 0 Å². The Morgan fingerprint density at radius 2 is 1.97 bits per heavy atom. The molecule has 1 aromatic carbocycles. The number of aryl methyl sites for hydroxylation is 3. The van der Waals surface area contributed by atoms with E-state index in [2.05, 4.69) is 30.4 Å². The number of aromatic nitrogens is 4. The maximum atomic E-state index is 13.5. The minimum absolute atomic E-state index is 0.0393. The fraction of sp³-hybridized carbons (Fsp3) is 0.360. The predicted octanol–water partition coefficient (Wildman–Crippen LogP) is 5.33. The summed E-state index contributed by atoms with van der Waals surface area (Å²) >= 11 is 0. The molecule has 5 rings (SSSR count). The Morgan fingerprint density at radius 3 is 2.54 bits per heavy atom. The highest BCUT2D eigenvalue weighted by Crippen LogP contribution is 2.60. The lowest BCUT2D eigenvalue weighted by Gasteiger charge is -2.20. The Bertz CT molecular complexity index is 1570. The topological polar surface area (TPSA) is 127 Å². The van der Waals surface area contributed by atoms with Crippen molar-refractivity contribution in [3.05, 3.63) is 41.2 Å². The fourth-order valence-electron chi connectivity index (χ4n) is 4.68. The highest BCUT2D eigenvalue weighted by Gasteiger charge is 2.65. The molecular formula is C25H26F3N7O2. The largest absolute Gasteiger partial charge is 0.496 e. The van der Waals surface area contributed by atoms with Gasteiger partial charge < -0.3 is 25.3 Å². The number of halogens is 3. The lowest BCUT2D eigenvalue weighted by molar-refractivity contribution is -0.175. The average molecular weight is 514 g/mol. The van der Waals surface area contributed by atoms with E-state index in [1.807, 2.05) is 26.0 Å². The average Bonchev–Trinajstić information content (AvgIpc) is 3.50. The molecule has 1 aliphatic carbocycles. The van der Waals surface area contributed by atoms with Crippen molar-refractivity contribution in [2.45, 2.75) is 39.8 Å². The van der Waals surface area contributed by atoms with E-state index in [9.17, 15) is 13.2 Å². The molecule has 0 amide bonds. The number of nitrogens with two attached hydrogens (primary N) is 1. The maximum Gasteiger partial charge on any atom is 0.399 e. The van der Waals surface area contributed by atoms with Gasteiger partial charge in [0.15, 0.2) is 0 Å². The van der Waals surface area contributed by atoms with Gasteiger partial charge in [-0.15, -0.1) is 0 Å². The van der Waals surface area contributed by atoms with E-state index in [0.29, 0.717) is 34.2 Å². The van der Waals surface area contributed by atoms with Gasteiger partial charge in [0.1, 0.15) is 40.0 Å². The molecular weight excluding hydrogens is 487 g/mol. The Morgan fingerprint density at radius 1 is 1.24 bits per heavy atom. The zero-order valence-electron chi connectivity index (χ0n) is 21.0. The molecule has 3 aromatic heterocycles. The summed E-state index contributed by atoms with van der Waals surface area (Å²) in [5.41, 5.74) is 7.30. The van der Waals surface area contributed by atoms with E-state index < -0.39 is 11.6 Å². The normalized spacial score (nSPS) is 16.0. The summed E-state index contributed by atoms with van der Waals surface area (Å²) in [6, 6.07) is 3.78. The second-order valence-electron chi connectivity index (χ2n) is 9.18. The number of rotatable bonds is 5. The number of nitrogens with zero attached hydrogens (tertiary/aromatic N) is 4. The first-order valence-electron chi connectivity index (χ1n) is 11.6. The molecule has 0 unspecified atom stereocenters. The van der Waals surface area contributed by atoms with Crippen molar-refractivity contribution in [3.8, 4) is 16.9 Å². The predicted molar refractivity (Wildman–Crippen MR) is 135 cm³/mol. The molecule has 12 heteroatoms. The Labute approximate surface area is 210 Å². The molecule has 1 saturated carbocycles. The summed E-state index contributed by atoms with van der Waals surface area (Å²) < 4.78 is 51.7. The monoisotopic (exact) mass is 513 g/mol. The molecule has 0 spiro atoms. The highest BCUT2D eigenvalue weighted by atomic mass is 19.4. The molecule has 0 aliphatic heterocycles. The van der Waals surface area contributed by atoms with Crippen LogP contribution in [0, 0.1) is 26.2 Å². The van der Waals surface area contributed by atoms with Crippen LogP contribution in [0.2, 0.25) is 0 Å². The van der Waals surface area contributed by atoms with Crippen LogP contribution in [0.4, 0.5) is 19.0 Å². The van der Waals surface area contributed by atoms with E-state index in [1.165, 1.54) is 13.1 Å². The Balaban J connectivity index is 1.63. The van der Waals surface area contributed by atoms with Crippen molar-refractivity contribution in [2.75, 3.05) is 19.5 Å². The number of hydrogen-bond acceptors (Lipinski definition) is 7. The zero-order chi connectivity index (χ0) is 26.7. The van der Waals surface area contributed by atoms with Gasteiger partial charge >= 0.3 is 6.18 Å². The van der Waals surface area contributed by atoms with Crippen LogP contribution in [0.15, 0.2) is 33.4 Å². The van der Waals surface area contributed by atoms with Crippen molar-refractivity contribution in [1.82, 2.24) is 20.1 Å². The second-order valence-corrected chi connectivity index (χ2v) is 9.18. The number of fused-ring (bicyclic) bond motifs is 3. The number of aliphatic imine (C=N–C) groups is 1. The summed E-state index contributed by atoms with van der Waals surface area (Å²) in [6.45, 7) is 5.41. The molecule has 194 valence electrons. The van der Waals surface area contributed by atoms with Crippen molar-refractivity contribution < 1.29 is 22.4 Å². The summed E-state index contributed by atoms with van der Waals surface area (Å²) in [5.74, 6) is 2.23. The Kier molecular flexibility index (Phi) is 5.65. The first-order chi connectivity index (χ1) is 17.5.